The number of esters is 1. The van der Waals surface area contributed by atoms with Crippen LogP contribution in [0.25, 0.3) is 0 Å². The smallest absolute Gasteiger partial charge is 0.328 e. The Hall–Kier alpha value is -4.28. The quantitative estimate of drug-likeness (QED) is 0.361. The van der Waals surface area contributed by atoms with Crippen molar-refractivity contribution in [2.24, 2.45) is 0 Å². The highest BCUT2D eigenvalue weighted by Crippen LogP contribution is 2.16. The molecule has 11 heteroatoms. The van der Waals surface area contributed by atoms with Crippen molar-refractivity contribution in [3.63, 3.8) is 0 Å². The van der Waals surface area contributed by atoms with E-state index in [4.69, 9.17) is 9.47 Å². The Bertz CT molecular complexity index is 1020. The number of nitro groups is 1. The van der Waals surface area contributed by atoms with E-state index in [0.717, 1.165) is 6.07 Å². The Kier molecular flexibility index (Phi) is 7.78. The molecule has 0 fully saturated rings. The number of carbonyl (C=O) groups excluding carboxylic acids is 4. The van der Waals surface area contributed by atoms with E-state index in [1.807, 2.05) is 0 Å². The first-order valence-corrected chi connectivity index (χ1v) is 8.92. The van der Waals surface area contributed by atoms with Crippen LogP contribution in [0.1, 0.15) is 27.6 Å². The number of carbonyl (C=O) groups is 4. The molecule has 0 aliphatic heterocycles. The van der Waals surface area contributed by atoms with Crippen molar-refractivity contribution in [2.45, 2.75) is 13.0 Å². The van der Waals surface area contributed by atoms with Gasteiger partial charge in [-0.2, -0.15) is 0 Å². The predicted octanol–water partition coefficient (Wildman–Crippen LogP) is 1.22. The van der Waals surface area contributed by atoms with Gasteiger partial charge in [-0.25, -0.2) is 4.79 Å². The number of ether oxygens (including phenoxy) is 2. The number of para-hydroxylation sites is 1. The molecule has 0 aliphatic carbocycles. The van der Waals surface area contributed by atoms with Gasteiger partial charge in [0.25, 0.3) is 23.4 Å². The average Bonchev–Trinajstić information content (AvgIpc) is 2.77. The average molecular weight is 429 g/mol. The molecular weight excluding hydrogens is 410 g/mol. The van der Waals surface area contributed by atoms with Crippen LogP contribution in [0.15, 0.2) is 48.5 Å². The largest absolute Gasteiger partial charge is 0.496 e. The summed E-state index contributed by atoms with van der Waals surface area (Å²) in [7, 11) is 1.37. The topological polar surface area (TPSA) is 154 Å². The van der Waals surface area contributed by atoms with Gasteiger partial charge in [-0.15, -0.1) is 0 Å². The van der Waals surface area contributed by atoms with Crippen LogP contribution in [0, 0.1) is 10.1 Å². The SMILES string of the molecule is COc1ccccc1C(=O)NC(=O)COC(=O)[C@H](C)NC(=O)c1cccc([N+](=O)[O-])c1. The van der Waals surface area contributed by atoms with Gasteiger partial charge in [-0.3, -0.25) is 29.8 Å². The predicted molar refractivity (Wildman–Crippen MR) is 106 cm³/mol. The second-order valence-electron chi connectivity index (χ2n) is 6.19. The maximum atomic E-state index is 12.2. The van der Waals surface area contributed by atoms with Gasteiger partial charge in [0.2, 0.25) is 0 Å². The molecule has 0 heterocycles. The summed E-state index contributed by atoms with van der Waals surface area (Å²) in [4.78, 5) is 58.3. The molecule has 2 aromatic rings. The van der Waals surface area contributed by atoms with Gasteiger partial charge < -0.3 is 14.8 Å². The van der Waals surface area contributed by atoms with Crippen molar-refractivity contribution in [3.05, 3.63) is 69.8 Å². The number of nitro benzene ring substituents is 1. The number of rotatable bonds is 8. The summed E-state index contributed by atoms with van der Waals surface area (Å²) in [5, 5.41) is 15.2. The van der Waals surface area contributed by atoms with Crippen molar-refractivity contribution in [1.29, 1.82) is 0 Å². The van der Waals surface area contributed by atoms with E-state index < -0.39 is 41.3 Å². The maximum absolute atomic E-state index is 12.2. The third kappa shape index (κ3) is 6.35. The summed E-state index contributed by atoms with van der Waals surface area (Å²) in [6.07, 6.45) is 0. The van der Waals surface area contributed by atoms with Crippen molar-refractivity contribution >= 4 is 29.4 Å². The standard InChI is InChI=1S/C20H19N3O8/c1-12(21-18(25)13-6-5-7-14(10-13)23(28)29)20(27)31-11-17(24)22-19(26)15-8-3-4-9-16(15)30-2/h3-10,12H,11H2,1-2H3,(H,21,25)(H,22,24,26)/t12-/m0/s1. The van der Waals surface area contributed by atoms with E-state index in [1.54, 1.807) is 18.2 Å². The van der Waals surface area contributed by atoms with Crippen LogP contribution in [0.3, 0.4) is 0 Å². The molecule has 0 bridgehead atoms. The monoisotopic (exact) mass is 429 g/mol. The first-order valence-electron chi connectivity index (χ1n) is 8.92. The van der Waals surface area contributed by atoms with Crippen LogP contribution in [-0.2, 0) is 14.3 Å². The lowest BCUT2D eigenvalue weighted by molar-refractivity contribution is -0.384. The molecule has 2 aromatic carbocycles. The minimum atomic E-state index is -1.15. The van der Waals surface area contributed by atoms with Gasteiger partial charge in [0, 0.05) is 17.7 Å². The lowest BCUT2D eigenvalue weighted by Gasteiger charge is -2.13. The number of benzene rings is 2. The fourth-order valence-electron chi connectivity index (χ4n) is 2.42. The molecule has 0 aromatic heterocycles. The van der Waals surface area contributed by atoms with Crippen LogP contribution < -0.4 is 15.4 Å². The number of nitrogens with one attached hydrogen (secondary N) is 2. The Balaban J connectivity index is 1.86. The fraction of sp³-hybridized carbons (Fsp3) is 0.200. The van der Waals surface area contributed by atoms with E-state index in [2.05, 4.69) is 10.6 Å². The number of amides is 3. The summed E-state index contributed by atoms with van der Waals surface area (Å²) in [6.45, 7) is 0.562. The second kappa shape index (κ2) is 10.5. The van der Waals surface area contributed by atoms with Crippen molar-refractivity contribution in [2.75, 3.05) is 13.7 Å². The van der Waals surface area contributed by atoms with Crippen LogP contribution in [0.5, 0.6) is 5.75 Å². The normalized spacial score (nSPS) is 11.0. The number of imide groups is 1. The highest BCUT2D eigenvalue weighted by atomic mass is 16.6. The molecule has 2 N–H and O–H groups in total. The van der Waals surface area contributed by atoms with Crippen LogP contribution in [0.4, 0.5) is 5.69 Å². The maximum Gasteiger partial charge on any atom is 0.328 e. The zero-order valence-corrected chi connectivity index (χ0v) is 16.6. The van der Waals surface area contributed by atoms with Gasteiger partial charge in [0.1, 0.15) is 11.8 Å². The van der Waals surface area contributed by atoms with E-state index in [-0.39, 0.29) is 22.6 Å². The number of hydrogen-bond donors (Lipinski definition) is 2. The van der Waals surface area contributed by atoms with Crippen LogP contribution in [-0.4, -0.2) is 48.4 Å². The lowest BCUT2D eigenvalue weighted by Crippen LogP contribution is -2.41. The molecule has 2 rings (SSSR count). The van der Waals surface area contributed by atoms with Gasteiger partial charge in [-0.05, 0) is 25.1 Å². The number of nitrogens with zero attached hydrogens (tertiary/aromatic N) is 1. The molecule has 3 amide bonds. The minimum Gasteiger partial charge on any atom is -0.496 e. The van der Waals surface area contributed by atoms with Crippen LogP contribution >= 0.6 is 0 Å². The number of non-ortho nitro benzene ring substituents is 1. The van der Waals surface area contributed by atoms with Gasteiger partial charge in [0.05, 0.1) is 17.6 Å². The molecular formula is C20H19N3O8. The minimum absolute atomic E-state index is 0.0194. The Morgan fingerprint density at radius 3 is 2.45 bits per heavy atom. The summed E-state index contributed by atoms with van der Waals surface area (Å²) < 4.78 is 9.84. The fourth-order valence-corrected chi connectivity index (χ4v) is 2.42. The highest BCUT2D eigenvalue weighted by Gasteiger charge is 2.21. The molecule has 0 radical (unpaired) electrons. The van der Waals surface area contributed by atoms with Crippen molar-refractivity contribution < 1.29 is 33.6 Å². The van der Waals surface area contributed by atoms with E-state index >= 15 is 0 Å². The zero-order valence-electron chi connectivity index (χ0n) is 16.6. The van der Waals surface area contributed by atoms with E-state index in [9.17, 15) is 29.3 Å². The van der Waals surface area contributed by atoms with Gasteiger partial charge in [0.15, 0.2) is 6.61 Å². The lowest BCUT2D eigenvalue weighted by atomic mass is 10.2. The van der Waals surface area contributed by atoms with E-state index in [1.165, 1.54) is 38.3 Å². The molecule has 0 saturated heterocycles. The van der Waals surface area contributed by atoms with Gasteiger partial charge in [-0.1, -0.05) is 18.2 Å². The molecule has 162 valence electrons. The van der Waals surface area contributed by atoms with E-state index in [0.29, 0.717) is 0 Å². The third-order valence-electron chi connectivity index (χ3n) is 3.97. The molecule has 1 atom stereocenters. The summed E-state index contributed by atoms with van der Waals surface area (Å²) in [5.74, 6) is -3.00. The first-order chi connectivity index (χ1) is 14.7. The molecule has 0 saturated carbocycles. The van der Waals surface area contributed by atoms with Crippen molar-refractivity contribution in [1.82, 2.24) is 10.6 Å². The van der Waals surface area contributed by atoms with Crippen molar-refractivity contribution in [3.8, 4) is 5.75 Å². The highest BCUT2D eigenvalue weighted by molar-refractivity contribution is 6.06. The Morgan fingerprint density at radius 2 is 1.77 bits per heavy atom. The zero-order chi connectivity index (χ0) is 23.0. The Morgan fingerprint density at radius 1 is 1.06 bits per heavy atom. The number of methoxy groups -OCH3 is 1. The Labute approximate surface area is 176 Å². The molecule has 31 heavy (non-hydrogen) atoms. The summed E-state index contributed by atoms with van der Waals surface area (Å²) >= 11 is 0. The second-order valence-corrected chi connectivity index (χ2v) is 6.19. The molecule has 0 unspecified atom stereocenters. The summed E-state index contributed by atoms with van der Waals surface area (Å²) in [5.41, 5.74) is -0.171. The molecule has 0 aliphatic rings. The van der Waals surface area contributed by atoms with Gasteiger partial charge >= 0.3 is 5.97 Å². The first kappa shape index (κ1) is 23.0. The molecule has 11 nitrogen and oxygen atoms in total. The summed E-state index contributed by atoms with van der Waals surface area (Å²) in [6, 6.07) is 10.1. The number of hydrogen-bond acceptors (Lipinski definition) is 8. The van der Waals surface area contributed by atoms with Crippen LogP contribution in [0.2, 0.25) is 0 Å². The molecule has 0 spiro atoms. The third-order valence-corrected chi connectivity index (χ3v) is 3.97.